The Bertz CT molecular complexity index is 1300. The second-order valence-electron chi connectivity index (χ2n) is 7.84. The summed E-state index contributed by atoms with van der Waals surface area (Å²) in [5.74, 6) is 0.988. The van der Waals surface area contributed by atoms with E-state index in [1.165, 1.54) is 0 Å². The fourth-order valence-electron chi connectivity index (χ4n) is 3.24. The van der Waals surface area contributed by atoms with Gasteiger partial charge in [-0.2, -0.15) is 0 Å². The number of fused-ring (bicyclic) bond motifs is 1. The first-order valence-corrected chi connectivity index (χ1v) is 11.2. The van der Waals surface area contributed by atoms with Crippen molar-refractivity contribution in [3.63, 3.8) is 0 Å². The maximum atomic E-state index is 12.5. The molecule has 0 radical (unpaired) electrons. The number of carbonyl (C=O) groups is 1. The molecule has 0 aliphatic rings. The number of amides is 1. The number of hydrogen-bond acceptors (Lipinski definition) is 5. The van der Waals surface area contributed by atoms with Gasteiger partial charge in [-0.05, 0) is 87.1 Å². The van der Waals surface area contributed by atoms with Crippen LogP contribution in [0.25, 0.3) is 22.6 Å². The van der Waals surface area contributed by atoms with Gasteiger partial charge in [-0.1, -0.05) is 24.6 Å². The lowest BCUT2D eigenvalue weighted by Gasteiger charge is -2.13. The predicted octanol–water partition coefficient (Wildman–Crippen LogP) is 6.11. The van der Waals surface area contributed by atoms with E-state index < -0.39 is 0 Å². The number of aromatic nitrogens is 1. The van der Waals surface area contributed by atoms with Gasteiger partial charge in [-0.3, -0.25) is 10.1 Å². The third-order valence-corrected chi connectivity index (χ3v) is 5.37. The molecule has 1 aromatic heterocycles. The number of nitrogens with one attached hydrogen (secondary N) is 2. The molecule has 1 unspecified atom stereocenters. The van der Waals surface area contributed by atoms with E-state index in [-0.39, 0.29) is 17.1 Å². The second-order valence-corrected chi connectivity index (χ2v) is 8.25. The van der Waals surface area contributed by atoms with Gasteiger partial charge >= 0.3 is 0 Å². The Kier molecular flexibility index (Phi) is 6.70. The molecule has 0 saturated carbocycles. The number of carbonyl (C=O) groups excluding carboxylic acids is 1. The number of oxazole rings is 1. The number of hydrogen-bond donors (Lipinski definition) is 2. The van der Waals surface area contributed by atoms with Crippen molar-refractivity contribution in [2.24, 2.45) is 0 Å². The van der Waals surface area contributed by atoms with Crippen molar-refractivity contribution in [2.75, 3.05) is 5.32 Å². The molecule has 0 fully saturated rings. The van der Waals surface area contributed by atoms with E-state index in [1.54, 1.807) is 24.3 Å². The molecule has 33 heavy (non-hydrogen) atoms. The van der Waals surface area contributed by atoms with E-state index in [9.17, 15) is 4.79 Å². The number of benzene rings is 3. The van der Waals surface area contributed by atoms with Gasteiger partial charge in [0.1, 0.15) is 11.3 Å². The van der Waals surface area contributed by atoms with E-state index in [4.69, 9.17) is 21.4 Å². The van der Waals surface area contributed by atoms with Gasteiger partial charge in [-0.25, -0.2) is 4.98 Å². The molecule has 4 aromatic rings. The number of aryl methyl sites for hydroxylation is 1. The highest BCUT2D eigenvalue weighted by atomic mass is 32.1. The lowest BCUT2D eigenvalue weighted by molar-refractivity contribution is 0.0977. The predicted molar refractivity (Wildman–Crippen MR) is 135 cm³/mol. The molecule has 168 valence electrons. The fourth-order valence-corrected chi connectivity index (χ4v) is 3.46. The number of anilines is 1. The second kappa shape index (κ2) is 9.83. The van der Waals surface area contributed by atoms with Crippen LogP contribution in [0.3, 0.4) is 0 Å². The highest BCUT2D eigenvalue weighted by Crippen LogP contribution is 2.26. The zero-order valence-electron chi connectivity index (χ0n) is 18.7. The zero-order valence-corrected chi connectivity index (χ0v) is 19.5. The molecule has 2 N–H and O–H groups in total. The molecule has 1 amide bonds. The molecule has 4 rings (SSSR count). The Morgan fingerprint density at radius 1 is 1.12 bits per heavy atom. The highest BCUT2D eigenvalue weighted by Gasteiger charge is 2.12. The Balaban J connectivity index is 1.40. The minimum Gasteiger partial charge on any atom is -0.491 e. The van der Waals surface area contributed by atoms with Crippen LogP contribution in [0.2, 0.25) is 0 Å². The van der Waals surface area contributed by atoms with Gasteiger partial charge < -0.3 is 14.5 Å². The number of rotatable bonds is 6. The molecule has 0 aliphatic heterocycles. The lowest BCUT2D eigenvalue weighted by Crippen LogP contribution is -2.34. The van der Waals surface area contributed by atoms with Gasteiger partial charge in [-0.15, -0.1) is 0 Å². The van der Waals surface area contributed by atoms with Crippen molar-refractivity contribution in [1.82, 2.24) is 10.3 Å². The van der Waals surface area contributed by atoms with Crippen LogP contribution in [0.15, 0.2) is 71.1 Å². The first kappa shape index (κ1) is 22.5. The van der Waals surface area contributed by atoms with Gasteiger partial charge in [0.25, 0.3) is 5.91 Å². The first-order valence-electron chi connectivity index (χ1n) is 10.8. The van der Waals surface area contributed by atoms with E-state index in [2.05, 4.69) is 22.5 Å². The Morgan fingerprint density at radius 2 is 1.91 bits per heavy atom. The zero-order chi connectivity index (χ0) is 23.4. The van der Waals surface area contributed by atoms with Crippen LogP contribution in [-0.4, -0.2) is 22.1 Å². The standard InChI is InChI=1S/C26H25N3O3S/c1-4-17(3)31-21-11-8-18(9-12-21)24(30)29-26(33)27-20-10-13-23-22(15-20)28-25(32-23)19-7-5-6-16(2)14-19/h5-15,17H,4H2,1-3H3,(H2,27,29,30,33). The molecular weight excluding hydrogens is 434 g/mol. The van der Waals surface area contributed by atoms with Gasteiger partial charge in [0.2, 0.25) is 5.89 Å². The van der Waals surface area contributed by atoms with Crippen LogP contribution in [-0.2, 0) is 0 Å². The SMILES string of the molecule is CCC(C)Oc1ccc(C(=O)NC(=S)Nc2ccc3oc(-c4cccc(C)c4)nc3c2)cc1. The van der Waals surface area contributed by atoms with Gasteiger partial charge in [0.15, 0.2) is 10.7 Å². The summed E-state index contributed by atoms with van der Waals surface area (Å²) < 4.78 is 11.6. The normalized spacial score (nSPS) is 11.7. The average molecular weight is 460 g/mol. The van der Waals surface area contributed by atoms with Gasteiger partial charge in [0.05, 0.1) is 6.10 Å². The summed E-state index contributed by atoms with van der Waals surface area (Å²) in [6.45, 7) is 6.09. The maximum absolute atomic E-state index is 12.5. The van der Waals surface area contributed by atoms with Crippen LogP contribution in [0.4, 0.5) is 5.69 Å². The Hall–Kier alpha value is -3.71. The van der Waals surface area contributed by atoms with Crippen LogP contribution < -0.4 is 15.4 Å². The van der Waals surface area contributed by atoms with Crippen molar-refractivity contribution >= 4 is 40.0 Å². The molecule has 0 bridgehead atoms. The van der Waals surface area contributed by atoms with E-state index >= 15 is 0 Å². The van der Waals surface area contributed by atoms with Crippen molar-refractivity contribution in [2.45, 2.75) is 33.3 Å². The summed E-state index contributed by atoms with van der Waals surface area (Å²) in [6.07, 6.45) is 1.03. The van der Waals surface area contributed by atoms with Crippen LogP contribution in [0.1, 0.15) is 36.2 Å². The quantitative estimate of drug-likeness (QED) is 0.339. The van der Waals surface area contributed by atoms with E-state index in [0.29, 0.717) is 28.2 Å². The summed E-state index contributed by atoms with van der Waals surface area (Å²) >= 11 is 5.32. The summed E-state index contributed by atoms with van der Waals surface area (Å²) in [5, 5.41) is 5.93. The topological polar surface area (TPSA) is 76.4 Å². The van der Waals surface area contributed by atoms with Crippen LogP contribution in [0, 0.1) is 6.92 Å². The van der Waals surface area contributed by atoms with Gasteiger partial charge in [0, 0.05) is 16.8 Å². The monoisotopic (exact) mass is 459 g/mol. The summed E-state index contributed by atoms with van der Waals surface area (Å²) in [4.78, 5) is 17.1. The van der Waals surface area contributed by atoms with Crippen LogP contribution >= 0.6 is 12.2 Å². The molecule has 7 heteroatoms. The third kappa shape index (κ3) is 5.56. The molecule has 6 nitrogen and oxygen atoms in total. The summed E-state index contributed by atoms with van der Waals surface area (Å²) in [5.41, 5.74) is 4.62. The van der Waals surface area contributed by atoms with Crippen LogP contribution in [0.5, 0.6) is 5.75 Å². The summed E-state index contributed by atoms with van der Waals surface area (Å²) in [6, 6.07) is 20.5. The Labute approximate surface area is 198 Å². The molecule has 1 heterocycles. The molecule has 0 aliphatic carbocycles. The average Bonchev–Trinajstić information content (AvgIpc) is 3.23. The minimum absolute atomic E-state index is 0.122. The van der Waals surface area contributed by atoms with Crippen molar-refractivity contribution < 1.29 is 13.9 Å². The molecular formula is C26H25N3O3S. The largest absolute Gasteiger partial charge is 0.491 e. The number of nitrogens with zero attached hydrogens (tertiary/aromatic N) is 1. The molecule has 0 saturated heterocycles. The maximum Gasteiger partial charge on any atom is 0.257 e. The number of ether oxygens (including phenoxy) is 1. The van der Waals surface area contributed by atoms with Crippen molar-refractivity contribution in [1.29, 1.82) is 0 Å². The summed E-state index contributed by atoms with van der Waals surface area (Å²) in [7, 11) is 0. The van der Waals surface area contributed by atoms with Crippen molar-refractivity contribution in [3.8, 4) is 17.2 Å². The lowest BCUT2D eigenvalue weighted by atomic mass is 10.1. The number of thiocarbonyl (C=S) groups is 1. The molecule has 0 spiro atoms. The molecule has 3 aromatic carbocycles. The van der Waals surface area contributed by atoms with E-state index in [0.717, 1.165) is 23.3 Å². The molecule has 1 atom stereocenters. The Morgan fingerprint density at radius 3 is 2.64 bits per heavy atom. The van der Waals surface area contributed by atoms with Crippen molar-refractivity contribution in [3.05, 3.63) is 77.9 Å². The smallest absolute Gasteiger partial charge is 0.257 e. The fraction of sp³-hybridized carbons (Fsp3) is 0.192. The van der Waals surface area contributed by atoms with E-state index in [1.807, 2.05) is 56.3 Å². The third-order valence-electron chi connectivity index (χ3n) is 5.17. The first-order chi connectivity index (χ1) is 15.9. The highest BCUT2D eigenvalue weighted by molar-refractivity contribution is 7.80. The minimum atomic E-state index is -0.299.